The van der Waals surface area contributed by atoms with E-state index in [0.29, 0.717) is 16.4 Å². The maximum absolute atomic E-state index is 12.5. The lowest BCUT2D eigenvalue weighted by Crippen LogP contribution is -2.35. The topological polar surface area (TPSA) is 65.5 Å². The molecule has 1 fully saturated rings. The number of thioether (sulfide) groups is 1. The Labute approximate surface area is 146 Å². The van der Waals surface area contributed by atoms with Crippen LogP contribution in [0.3, 0.4) is 0 Å². The van der Waals surface area contributed by atoms with E-state index in [-0.39, 0.29) is 23.8 Å². The number of nitrogens with zero attached hydrogens (tertiary/aromatic N) is 2. The van der Waals surface area contributed by atoms with Gasteiger partial charge in [0.15, 0.2) is 0 Å². The quantitative estimate of drug-likeness (QED) is 0.819. The number of hydrogen-bond acceptors (Lipinski definition) is 5. The monoisotopic (exact) mass is 357 g/mol. The van der Waals surface area contributed by atoms with Crippen molar-refractivity contribution >= 4 is 35.1 Å². The highest BCUT2D eigenvalue weighted by atomic mass is 35.5. The highest BCUT2D eigenvalue weighted by Gasteiger charge is 2.21. The first-order valence-corrected chi connectivity index (χ1v) is 9.58. The van der Waals surface area contributed by atoms with Crippen LogP contribution in [0.1, 0.15) is 36.5 Å². The Morgan fingerprint density at radius 1 is 1.48 bits per heavy atom. The molecule has 1 aromatic rings. The zero-order valence-corrected chi connectivity index (χ0v) is 15.2. The molecule has 2 atom stereocenters. The molecule has 1 saturated heterocycles. The summed E-state index contributed by atoms with van der Waals surface area (Å²) in [5.74, 6) is 0.540. The number of pyridine rings is 1. The van der Waals surface area contributed by atoms with Crippen molar-refractivity contribution < 1.29 is 9.90 Å². The van der Waals surface area contributed by atoms with E-state index in [1.807, 2.05) is 18.1 Å². The van der Waals surface area contributed by atoms with Crippen LogP contribution < -0.4 is 5.32 Å². The summed E-state index contributed by atoms with van der Waals surface area (Å²) in [7, 11) is 0. The van der Waals surface area contributed by atoms with Gasteiger partial charge in [-0.15, -0.1) is 0 Å². The molecule has 0 saturated carbocycles. The largest absolute Gasteiger partial charge is 0.395 e. The van der Waals surface area contributed by atoms with Crippen molar-refractivity contribution in [1.82, 2.24) is 9.88 Å². The summed E-state index contributed by atoms with van der Waals surface area (Å²) in [6.07, 6.45) is 6.83. The standard InChI is InChI=1S/C16H24ClN3O2S/c1-11(14(10-21)23-2)19-15-13(17)8-12(9-18-15)16(22)20-6-4-3-5-7-20/h8-9,11,14,21H,3-7,10H2,1-2H3,(H,18,19). The minimum absolute atomic E-state index is 0.00366. The number of rotatable bonds is 6. The number of anilines is 1. The smallest absolute Gasteiger partial charge is 0.255 e. The van der Waals surface area contributed by atoms with E-state index in [2.05, 4.69) is 10.3 Å². The van der Waals surface area contributed by atoms with Gasteiger partial charge < -0.3 is 15.3 Å². The summed E-state index contributed by atoms with van der Waals surface area (Å²) >= 11 is 7.87. The lowest BCUT2D eigenvalue weighted by atomic mass is 10.1. The third-order valence-electron chi connectivity index (χ3n) is 4.14. The normalized spacial score (nSPS) is 17.7. The van der Waals surface area contributed by atoms with Gasteiger partial charge in [-0.1, -0.05) is 11.6 Å². The van der Waals surface area contributed by atoms with E-state index in [4.69, 9.17) is 11.6 Å². The van der Waals surface area contributed by atoms with Gasteiger partial charge in [0.2, 0.25) is 0 Å². The summed E-state index contributed by atoms with van der Waals surface area (Å²) in [6, 6.07) is 1.69. The molecule has 2 heterocycles. The number of amides is 1. The fraction of sp³-hybridized carbons (Fsp3) is 0.625. The lowest BCUT2D eigenvalue weighted by molar-refractivity contribution is 0.0724. The number of carbonyl (C=O) groups excluding carboxylic acids is 1. The molecule has 0 bridgehead atoms. The van der Waals surface area contributed by atoms with Crippen molar-refractivity contribution in [2.24, 2.45) is 0 Å². The molecule has 0 spiro atoms. The molecule has 0 aliphatic carbocycles. The van der Waals surface area contributed by atoms with Gasteiger partial charge in [0, 0.05) is 30.6 Å². The molecular formula is C16H24ClN3O2S. The molecule has 1 aliphatic rings. The first-order chi connectivity index (χ1) is 11.1. The molecule has 2 unspecified atom stereocenters. The van der Waals surface area contributed by atoms with Crippen LogP contribution in [0.4, 0.5) is 5.82 Å². The highest BCUT2D eigenvalue weighted by molar-refractivity contribution is 7.99. The molecule has 1 aromatic heterocycles. The minimum Gasteiger partial charge on any atom is -0.395 e. The maximum Gasteiger partial charge on any atom is 0.255 e. The first kappa shape index (κ1) is 18.4. The van der Waals surface area contributed by atoms with Crippen LogP contribution in [0.5, 0.6) is 0 Å². The lowest BCUT2D eigenvalue weighted by Gasteiger charge is -2.27. The average molecular weight is 358 g/mol. The molecule has 2 rings (SSSR count). The van der Waals surface area contributed by atoms with Gasteiger partial charge in [-0.25, -0.2) is 4.98 Å². The van der Waals surface area contributed by atoms with Crippen molar-refractivity contribution in [2.75, 3.05) is 31.3 Å². The summed E-state index contributed by atoms with van der Waals surface area (Å²) in [5, 5.41) is 13.0. The molecule has 1 amide bonds. The number of carbonyl (C=O) groups is 1. The SMILES string of the molecule is CSC(CO)C(C)Nc1ncc(C(=O)N2CCCCC2)cc1Cl. The second-order valence-electron chi connectivity index (χ2n) is 5.80. The molecule has 7 heteroatoms. The first-order valence-electron chi connectivity index (χ1n) is 7.91. The summed E-state index contributed by atoms with van der Waals surface area (Å²) in [4.78, 5) is 18.6. The van der Waals surface area contributed by atoms with E-state index in [9.17, 15) is 9.90 Å². The Balaban J connectivity index is 2.06. The number of piperidine rings is 1. The Hall–Kier alpha value is -0.980. The number of likely N-dealkylation sites (tertiary alicyclic amines) is 1. The predicted octanol–water partition coefficient (Wildman–Crippen LogP) is 2.89. The zero-order valence-electron chi connectivity index (χ0n) is 13.6. The average Bonchev–Trinajstić information content (AvgIpc) is 2.58. The van der Waals surface area contributed by atoms with Crippen molar-refractivity contribution in [3.63, 3.8) is 0 Å². The summed E-state index contributed by atoms with van der Waals surface area (Å²) in [5.41, 5.74) is 0.527. The van der Waals surface area contributed by atoms with Crippen molar-refractivity contribution in [1.29, 1.82) is 0 Å². The number of aromatic nitrogens is 1. The van der Waals surface area contributed by atoms with E-state index < -0.39 is 0 Å². The predicted molar refractivity (Wildman–Crippen MR) is 96.5 cm³/mol. The van der Waals surface area contributed by atoms with E-state index in [1.165, 1.54) is 6.42 Å². The van der Waals surface area contributed by atoms with Gasteiger partial charge in [0.05, 0.1) is 17.2 Å². The molecule has 5 nitrogen and oxygen atoms in total. The number of aliphatic hydroxyl groups excluding tert-OH is 1. The third-order valence-corrected chi connectivity index (χ3v) is 5.59. The van der Waals surface area contributed by atoms with Crippen LogP contribution in [0, 0.1) is 0 Å². The van der Waals surface area contributed by atoms with Crippen LogP contribution >= 0.6 is 23.4 Å². The van der Waals surface area contributed by atoms with Gasteiger partial charge in [-0.05, 0) is 38.5 Å². The van der Waals surface area contributed by atoms with Crippen LogP contribution in [0.25, 0.3) is 0 Å². The number of aliphatic hydroxyl groups is 1. The Bertz CT molecular complexity index is 534. The molecule has 128 valence electrons. The van der Waals surface area contributed by atoms with E-state index in [1.54, 1.807) is 24.0 Å². The van der Waals surface area contributed by atoms with Crippen molar-refractivity contribution in [2.45, 2.75) is 37.5 Å². The molecule has 23 heavy (non-hydrogen) atoms. The fourth-order valence-corrected chi connectivity index (χ4v) is 3.53. The van der Waals surface area contributed by atoms with Gasteiger partial charge in [-0.3, -0.25) is 4.79 Å². The van der Waals surface area contributed by atoms with E-state index >= 15 is 0 Å². The van der Waals surface area contributed by atoms with Crippen LogP contribution in [0.2, 0.25) is 5.02 Å². The second-order valence-corrected chi connectivity index (χ2v) is 7.28. The van der Waals surface area contributed by atoms with Gasteiger partial charge >= 0.3 is 0 Å². The number of hydrogen-bond donors (Lipinski definition) is 2. The molecular weight excluding hydrogens is 334 g/mol. The second kappa shape index (κ2) is 8.76. The number of halogens is 1. The Morgan fingerprint density at radius 2 is 2.17 bits per heavy atom. The maximum atomic E-state index is 12.5. The molecule has 0 aromatic carbocycles. The third kappa shape index (κ3) is 4.75. The number of nitrogens with one attached hydrogen (secondary N) is 1. The van der Waals surface area contributed by atoms with Gasteiger partial charge in [-0.2, -0.15) is 11.8 Å². The van der Waals surface area contributed by atoms with Gasteiger partial charge in [0.1, 0.15) is 5.82 Å². The van der Waals surface area contributed by atoms with Crippen molar-refractivity contribution in [3.8, 4) is 0 Å². The van der Waals surface area contributed by atoms with Crippen molar-refractivity contribution in [3.05, 3.63) is 22.8 Å². The fourth-order valence-electron chi connectivity index (χ4n) is 2.69. The summed E-state index contributed by atoms with van der Waals surface area (Å²) in [6.45, 7) is 3.67. The van der Waals surface area contributed by atoms with E-state index in [0.717, 1.165) is 25.9 Å². The molecule has 2 N–H and O–H groups in total. The van der Waals surface area contributed by atoms with Crippen LogP contribution in [-0.2, 0) is 0 Å². The van der Waals surface area contributed by atoms with Crippen LogP contribution in [0.15, 0.2) is 12.3 Å². The highest BCUT2D eigenvalue weighted by Crippen LogP contribution is 2.24. The van der Waals surface area contributed by atoms with Crippen LogP contribution in [-0.4, -0.2) is 58.1 Å². The minimum atomic E-state index is -0.00366. The molecule has 1 aliphatic heterocycles. The Morgan fingerprint density at radius 3 is 2.74 bits per heavy atom. The van der Waals surface area contributed by atoms with Gasteiger partial charge in [0.25, 0.3) is 5.91 Å². The summed E-state index contributed by atoms with van der Waals surface area (Å²) < 4.78 is 0. The Kier molecular flexibility index (Phi) is 6.99. The molecule has 0 radical (unpaired) electrons. The zero-order chi connectivity index (χ0) is 16.8.